The molecule has 3 rings (SSSR count). The van der Waals surface area contributed by atoms with E-state index in [0.29, 0.717) is 31.1 Å². The molecule has 0 bridgehead atoms. The molecule has 0 radical (unpaired) electrons. The number of piperazine rings is 1. The molecule has 2 aromatic rings. The van der Waals surface area contributed by atoms with E-state index in [4.69, 9.17) is 4.74 Å². The number of carbonyl (C=O) groups is 1. The number of rotatable bonds is 9. The fraction of sp³-hybridized carbons (Fsp3) is 0.375. The van der Waals surface area contributed by atoms with Gasteiger partial charge in [-0.3, -0.25) is 14.0 Å². The first-order chi connectivity index (χ1) is 15.4. The zero-order valence-corrected chi connectivity index (χ0v) is 19.5. The van der Waals surface area contributed by atoms with Gasteiger partial charge in [-0.05, 0) is 36.8 Å². The van der Waals surface area contributed by atoms with E-state index in [0.717, 1.165) is 35.8 Å². The third-order valence-electron chi connectivity index (χ3n) is 5.31. The minimum atomic E-state index is -3.60. The first-order valence-electron chi connectivity index (χ1n) is 10.8. The van der Waals surface area contributed by atoms with Crippen LogP contribution >= 0.6 is 0 Å². The largest absolute Gasteiger partial charge is 0.494 e. The van der Waals surface area contributed by atoms with Crippen LogP contribution in [0.5, 0.6) is 5.75 Å². The lowest BCUT2D eigenvalue weighted by Crippen LogP contribution is -2.51. The number of sulfonamides is 1. The molecule has 2 aromatic carbocycles. The maximum atomic E-state index is 12.9. The summed E-state index contributed by atoms with van der Waals surface area (Å²) in [4.78, 5) is 16.9. The van der Waals surface area contributed by atoms with Crippen LogP contribution in [0.4, 0.5) is 5.69 Å². The van der Waals surface area contributed by atoms with E-state index in [9.17, 15) is 13.2 Å². The summed E-state index contributed by atoms with van der Waals surface area (Å²) >= 11 is 0. The maximum Gasteiger partial charge on any atom is 0.243 e. The minimum absolute atomic E-state index is 0.191. The highest BCUT2D eigenvalue weighted by Gasteiger charge is 2.26. The second kappa shape index (κ2) is 11.2. The number of hydrogen-bond acceptors (Lipinski definition) is 5. The molecule has 32 heavy (non-hydrogen) atoms. The van der Waals surface area contributed by atoms with Crippen LogP contribution in [0.1, 0.15) is 12.5 Å². The van der Waals surface area contributed by atoms with Gasteiger partial charge in [-0.1, -0.05) is 42.5 Å². The summed E-state index contributed by atoms with van der Waals surface area (Å²) in [5.41, 5.74) is 1.62. The molecule has 172 valence electrons. The smallest absolute Gasteiger partial charge is 0.243 e. The van der Waals surface area contributed by atoms with Gasteiger partial charge in [0.25, 0.3) is 0 Å². The summed E-state index contributed by atoms with van der Waals surface area (Å²) in [6, 6.07) is 16.9. The van der Waals surface area contributed by atoms with E-state index < -0.39 is 10.0 Å². The van der Waals surface area contributed by atoms with Gasteiger partial charge < -0.3 is 9.64 Å². The van der Waals surface area contributed by atoms with E-state index in [1.54, 1.807) is 29.2 Å². The molecular formula is C24H31N3O4S. The molecule has 1 fully saturated rings. The predicted octanol–water partition coefficient (Wildman–Crippen LogP) is 2.71. The minimum Gasteiger partial charge on any atom is -0.494 e. The van der Waals surface area contributed by atoms with E-state index >= 15 is 0 Å². The lowest BCUT2D eigenvalue weighted by Gasteiger charge is -2.35. The van der Waals surface area contributed by atoms with Crippen LogP contribution in [0, 0.1) is 0 Å². The molecule has 1 amide bonds. The average Bonchev–Trinajstić information content (AvgIpc) is 2.79. The molecule has 0 aliphatic carbocycles. The van der Waals surface area contributed by atoms with Gasteiger partial charge in [-0.15, -0.1) is 0 Å². The Morgan fingerprint density at radius 3 is 2.28 bits per heavy atom. The van der Waals surface area contributed by atoms with Crippen molar-refractivity contribution in [2.45, 2.75) is 6.92 Å². The first-order valence-corrected chi connectivity index (χ1v) is 12.6. The Balaban J connectivity index is 1.54. The number of hydrogen-bond donors (Lipinski definition) is 0. The molecule has 0 N–H and O–H groups in total. The van der Waals surface area contributed by atoms with E-state index in [1.165, 1.54) is 0 Å². The molecular weight excluding hydrogens is 426 g/mol. The fourth-order valence-electron chi connectivity index (χ4n) is 3.58. The Morgan fingerprint density at radius 1 is 1.03 bits per heavy atom. The molecule has 8 heteroatoms. The molecule has 1 aliphatic heterocycles. The summed E-state index contributed by atoms with van der Waals surface area (Å²) < 4.78 is 31.3. The van der Waals surface area contributed by atoms with Crippen molar-refractivity contribution in [3.8, 4) is 5.75 Å². The highest BCUT2D eigenvalue weighted by atomic mass is 32.2. The topological polar surface area (TPSA) is 70.2 Å². The lowest BCUT2D eigenvalue weighted by atomic mass is 10.2. The standard InChI is InChI=1S/C24H31N3O4S/c1-3-31-23-13-11-22(12-14-23)27(32(2,29)30)20-24(28)26-18-16-25(17-19-26)15-7-10-21-8-5-4-6-9-21/h4-14H,3,15-20H2,1-2H3/b10-7+. The third kappa shape index (κ3) is 6.83. The van der Waals surface area contributed by atoms with Crippen LogP contribution in [0.2, 0.25) is 0 Å². The van der Waals surface area contributed by atoms with Crippen molar-refractivity contribution < 1.29 is 17.9 Å². The Morgan fingerprint density at radius 2 is 1.69 bits per heavy atom. The highest BCUT2D eigenvalue weighted by molar-refractivity contribution is 7.92. The van der Waals surface area contributed by atoms with Crippen molar-refractivity contribution in [2.24, 2.45) is 0 Å². The van der Waals surface area contributed by atoms with Gasteiger partial charge >= 0.3 is 0 Å². The number of carbonyl (C=O) groups excluding carboxylic acids is 1. The molecule has 0 spiro atoms. The molecule has 1 saturated heterocycles. The quantitative estimate of drug-likeness (QED) is 0.579. The van der Waals surface area contributed by atoms with Gasteiger partial charge in [0.05, 0.1) is 18.6 Å². The monoisotopic (exact) mass is 457 g/mol. The zero-order valence-electron chi connectivity index (χ0n) is 18.7. The van der Waals surface area contributed by atoms with Crippen LogP contribution in [-0.2, 0) is 14.8 Å². The summed E-state index contributed by atoms with van der Waals surface area (Å²) in [5, 5.41) is 0. The Bertz CT molecular complexity index is 999. The van der Waals surface area contributed by atoms with Crippen LogP contribution < -0.4 is 9.04 Å². The molecule has 1 aliphatic rings. The number of ether oxygens (including phenoxy) is 1. The van der Waals surface area contributed by atoms with Crippen molar-refractivity contribution in [1.29, 1.82) is 0 Å². The number of anilines is 1. The number of benzene rings is 2. The van der Waals surface area contributed by atoms with Gasteiger partial charge in [-0.2, -0.15) is 0 Å². The lowest BCUT2D eigenvalue weighted by molar-refractivity contribution is -0.131. The zero-order chi connectivity index (χ0) is 23.0. The van der Waals surface area contributed by atoms with Gasteiger partial charge in [0, 0.05) is 32.7 Å². The van der Waals surface area contributed by atoms with E-state index in [-0.39, 0.29) is 12.5 Å². The van der Waals surface area contributed by atoms with Crippen LogP contribution in [0.3, 0.4) is 0 Å². The molecule has 0 aromatic heterocycles. The van der Waals surface area contributed by atoms with Crippen LogP contribution in [0.15, 0.2) is 60.7 Å². The summed E-state index contributed by atoms with van der Waals surface area (Å²) in [5.74, 6) is 0.470. The van der Waals surface area contributed by atoms with Crippen molar-refractivity contribution in [3.63, 3.8) is 0 Å². The highest BCUT2D eigenvalue weighted by Crippen LogP contribution is 2.22. The molecule has 1 heterocycles. The Labute approximate surface area is 190 Å². The van der Waals surface area contributed by atoms with Crippen molar-refractivity contribution in [2.75, 3.05) is 56.4 Å². The van der Waals surface area contributed by atoms with Gasteiger partial charge in [-0.25, -0.2) is 8.42 Å². The SMILES string of the molecule is CCOc1ccc(N(CC(=O)N2CCN(C/C=C/c3ccccc3)CC2)S(C)(=O)=O)cc1. The molecule has 0 unspecified atom stereocenters. The predicted molar refractivity (Wildman–Crippen MR) is 128 cm³/mol. The van der Waals surface area contributed by atoms with Crippen LogP contribution in [0.25, 0.3) is 6.08 Å². The van der Waals surface area contributed by atoms with Gasteiger partial charge in [0.2, 0.25) is 15.9 Å². The second-order valence-corrected chi connectivity index (χ2v) is 9.60. The molecule has 7 nitrogen and oxygen atoms in total. The maximum absolute atomic E-state index is 12.9. The number of amides is 1. The molecule has 0 atom stereocenters. The van der Waals surface area contributed by atoms with Crippen molar-refractivity contribution >= 4 is 27.7 Å². The number of nitrogens with zero attached hydrogens (tertiary/aromatic N) is 3. The normalized spacial score (nSPS) is 15.1. The average molecular weight is 458 g/mol. The summed E-state index contributed by atoms with van der Waals surface area (Å²) in [6.45, 7) is 5.70. The van der Waals surface area contributed by atoms with E-state index in [2.05, 4.69) is 29.2 Å². The summed E-state index contributed by atoms with van der Waals surface area (Å²) in [7, 11) is -3.60. The second-order valence-electron chi connectivity index (χ2n) is 7.69. The molecule has 0 saturated carbocycles. The van der Waals surface area contributed by atoms with Crippen LogP contribution in [-0.4, -0.2) is 76.3 Å². The summed E-state index contributed by atoms with van der Waals surface area (Å²) in [6.07, 6.45) is 5.34. The third-order valence-corrected chi connectivity index (χ3v) is 6.45. The van der Waals surface area contributed by atoms with Gasteiger partial charge in [0.15, 0.2) is 0 Å². The van der Waals surface area contributed by atoms with Crippen molar-refractivity contribution in [3.05, 3.63) is 66.2 Å². The Kier molecular flexibility index (Phi) is 8.30. The van der Waals surface area contributed by atoms with Crippen molar-refractivity contribution in [1.82, 2.24) is 9.80 Å². The Hall–Kier alpha value is -2.84. The van der Waals surface area contributed by atoms with E-state index in [1.807, 2.05) is 25.1 Å². The fourth-order valence-corrected chi connectivity index (χ4v) is 4.43. The van der Waals surface area contributed by atoms with Gasteiger partial charge in [0.1, 0.15) is 12.3 Å². The first kappa shape index (κ1) is 23.8.